The normalized spacial score (nSPS) is 29.0. The van der Waals surface area contributed by atoms with E-state index >= 15 is 0 Å². The van der Waals surface area contributed by atoms with Crippen LogP contribution in [0.25, 0.3) is 0 Å². The maximum Gasteiger partial charge on any atom is 0.242 e. The van der Waals surface area contributed by atoms with Crippen LogP contribution in [-0.4, -0.2) is 54.3 Å². The minimum absolute atomic E-state index is 0.0111. The summed E-state index contributed by atoms with van der Waals surface area (Å²) in [6.45, 7) is 9.69. The molecule has 0 heterocycles. The smallest absolute Gasteiger partial charge is 0.242 e. The monoisotopic (exact) mass is 297 g/mol. The lowest BCUT2D eigenvalue weighted by molar-refractivity contribution is -0.143. The summed E-state index contributed by atoms with van der Waals surface area (Å²) in [5.74, 6) is 0.818. The van der Waals surface area contributed by atoms with E-state index in [-0.39, 0.29) is 30.3 Å². The fourth-order valence-corrected chi connectivity index (χ4v) is 3.27. The number of nitrogens with two attached hydrogens (primary N) is 1. The van der Waals surface area contributed by atoms with Gasteiger partial charge in [0, 0.05) is 32.1 Å². The molecule has 0 radical (unpaired) electrons. The van der Waals surface area contributed by atoms with E-state index in [1.165, 1.54) is 0 Å². The molecule has 0 aromatic rings. The van der Waals surface area contributed by atoms with Gasteiger partial charge in [-0.15, -0.1) is 0 Å². The van der Waals surface area contributed by atoms with Gasteiger partial charge in [0.15, 0.2) is 0 Å². The van der Waals surface area contributed by atoms with Crippen molar-refractivity contribution in [2.45, 2.75) is 46.6 Å². The van der Waals surface area contributed by atoms with E-state index in [0.29, 0.717) is 24.9 Å². The molecule has 1 saturated carbocycles. The highest BCUT2D eigenvalue weighted by Gasteiger charge is 2.36. The molecule has 0 aliphatic heterocycles. The van der Waals surface area contributed by atoms with Crippen LogP contribution in [0.15, 0.2) is 0 Å². The van der Waals surface area contributed by atoms with Gasteiger partial charge in [-0.2, -0.15) is 0 Å². The molecule has 2 N–H and O–H groups in total. The van der Waals surface area contributed by atoms with Gasteiger partial charge >= 0.3 is 0 Å². The highest BCUT2D eigenvalue weighted by atomic mass is 16.2. The molecule has 0 spiro atoms. The van der Waals surface area contributed by atoms with E-state index in [1.54, 1.807) is 16.8 Å². The van der Waals surface area contributed by atoms with Crippen LogP contribution < -0.4 is 5.73 Å². The van der Waals surface area contributed by atoms with Crippen LogP contribution in [0.5, 0.6) is 0 Å². The summed E-state index contributed by atoms with van der Waals surface area (Å²) in [6.07, 6.45) is 1.71. The zero-order valence-electron chi connectivity index (χ0n) is 14.1. The molecule has 21 heavy (non-hydrogen) atoms. The molecule has 2 amide bonds. The second-order valence-electron chi connectivity index (χ2n) is 6.46. The highest BCUT2D eigenvalue weighted by Crippen LogP contribution is 2.33. The Kier molecular flexibility index (Phi) is 6.65. The molecule has 1 aliphatic rings. The third-order valence-electron chi connectivity index (χ3n) is 4.87. The van der Waals surface area contributed by atoms with E-state index in [1.807, 2.05) is 13.8 Å². The zero-order valence-corrected chi connectivity index (χ0v) is 14.1. The number of nitrogens with zero attached hydrogens (tertiary/aromatic N) is 2. The minimum Gasteiger partial charge on any atom is -0.342 e. The predicted octanol–water partition coefficient (Wildman–Crippen LogP) is 1.32. The number of rotatable bonds is 5. The molecule has 122 valence electrons. The summed E-state index contributed by atoms with van der Waals surface area (Å²) >= 11 is 0. The van der Waals surface area contributed by atoms with Crippen molar-refractivity contribution in [1.82, 2.24) is 9.80 Å². The van der Waals surface area contributed by atoms with Gasteiger partial charge in [-0.25, -0.2) is 0 Å². The minimum atomic E-state index is -0.0503. The van der Waals surface area contributed by atoms with Crippen molar-refractivity contribution >= 4 is 11.8 Å². The summed E-state index contributed by atoms with van der Waals surface area (Å²) < 4.78 is 0. The van der Waals surface area contributed by atoms with Gasteiger partial charge in [-0.05, 0) is 38.5 Å². The van der Waals surface area contributed by atoms with Crippen LogP contribution in [-0.2, 0) is 9.59 Å². The first-order chi connectivity index (χ1) is 9.81. The van der Waals surface area contributed by atoms with Gasteiger partial charge in [0.25, 0.3) is 0 Å². The third-order valence-corrected chi connectivity index (χ3v) is 4.87. The van der Waals surface area contributed by atoms with Crippen LogP contribution in [0.4, 0.5) is 0 Å². The van der Waals surface area contributed by atoms with Crippen LogP contribution in [0.3, 0.4) is 0 Å². The Labute approximate surface area is 128 Å². The first-order valence-electron chi connectivity index (χ1n) is 8.10. The fourth-order valence-electron chi connectivity index (χ4n) is 3.27. The lowest BCUT2D eigenvalue weighted by Crippen LogP contribution is -2.48. The Hall–Kier alpha value is -1.10. The van der Waals surface area contributed by atoms with E-state index in [0.717, 1.165) is 12.8 Å². The van der Waals surface area contributed by atoms with Gasteiger partial charge < -0.3 is 15.5 Å². The van der Waals surface area contributed by atoms with Crippen molar-refractivity contribution in [3.63, 3.8) is 0 Å². The zero-order chi connectivity index (χ0) is 16.2. The molecule has 0 bridgehead atoms. The van der Waals surface area contributed by atoms with Crippen LogP contribution >= 0.6 is 0 Å². The van der Waals surface area contributed by atoms with Crippen LogP contribution in [0.1, 0.15) is 40.5 Å². The molecule has 0 aromatic carbocycles. The van der Waals surface area contributed by atoms with E-state index < -0.39 is 0 Å². The number of hydrogen-bond donors (Lipinski definition) is 1. The average Bonchev–Trinajstić information content (AvgIpc) is 2.43. The van der Waals surface area contributed by atoms with Gasteiger partial charge in [0.2, 0.25) is 11.8 Å². The SMILES string of the molecule is CCN(CC)C(=O)CN(C)C(=O)C1CC(N)C(C)CC1C. The largest absolute Gasteiger partial charge is 0.342 e. The van der Waals surface area contributed by atoms with E-state index in [2.05, 4.69) is 13.8 Å². The summed E-state index contributed by atoms with van der Waals surface area (Å²) in [5.41, 5.74) is 6.12. The molecular formula is C16H31N3O2. The highest BCUT2D eigenvalue weighted by molar-refractivity contribution is 5.86. The Morgan fingerprint density at radius 2 is 1.67 bits per heavy atom. The van der Waals surface area contributed by atoms with E-state index in [4.69, 9.17) is 5.73 Å². The molecule has 1 aliphatic carbocycles. The maximum absolute atomic E-state index is 12.6. The van der Waals surface area contributed by atoms with Crippen LogP contribution in [0.2, 0.25) is 0 Å². The first kappa shape index (κ1) is 18.0. The number of amides is 2. The Morgan fingerprint density at radius 1 is 1.10 bits per heavy atom. The first-order valence-corrected chi connectivity index (χ1v) is 8.10. The number of carbonyl (C=O) groups excluding carboxylic acids is 2. The average molecular weight is 297 g/mol. The summed E-state index contributed by atoms with van der Waals surface area (Å²) in [5, 5.41) is 0. The maximum atomic E-state index is 12.6. The standard InChI is InChI=1S/C16H31N3O2/c1-6-19(7-2)15(20)10-18(5)16(21)13-9-14(17)12(4)8-11(13)3/h11-14H,6-10,17H2,1-5H3. The second kappa shape index (κ2) is 7.78. The van der Waals surface area contributed by atoms with Crippen molar-refractivity contribution in [1.29, 1.82) is 0 Å². The Balaban J connectivity index is 2.63. The number of likely N-dealkylation sites (N-methyl/N-ethyl adjacent to an activating group) is 2. The van der Waals surface area contributed by atoms with Crippen molar-refractivity contribution in [3.05, 3.63) is 0 Å². The van der Waals surface area contributed by atoms with Crippen LogP contribution in [0, 0.1) is 17.8 Å². The van der Waals surface area contributed by atoms with Crippen molar-refractivity contribution < 1.29 is 9.59 Å². The van der Waals surface area contributed by atoms with E-state index in [9.17, 15) is 9.59 Å². The lowest BCUT2D eigenvalue weighted by Gasteiger charge is -2.38. The van der Waals surface area contributed by atoms with Gasteiger partial charge in [-0.1, -0.05) is 13.8 Å². The van der Waals surface area contributed by atoms with Crippen molar-refractivity contribution in [2.75, 3.05) is 26.7 Å². The molecule has 0 aromatic heterocycles. The summed E-state index contributed by atoms with van der Waals surface area (Å²) in [7, 11) is 1.72. The number of hydrogen-bond acceptors (Lipinski definition) is 3. The topological polar surface area (TPSA) is 66.6 Å². The molecule has 1 rings (SSSR count). The van der Waals surface area contributed by atoms with Crippen molar-refractivity contribution in [3.8, 4) is 0 Å². The fraction of sp³-hybridized carbons (Fsp3) is 0.875. The summed E-state index contributed by atoms with van der Waals surface area (Å²) in [4.78, 5) is 28.0. The molecule has 4 atom stereocenters. The van der Waals surface area contributed by atoms with Crippen molar-refractivity contribution in [2.24, 2.45) is 23.5 Å². The lowest BCUT2D eigenvalue weighted by atomic mass is 9.72. The van der Waals surface area contributed by atoms with Gasteiger partial charge in [0.1, 0.15) is 0 Å². The molecule has 0 saturated heterocycles. The molecule has 1 fully saturated rings. The molecule has 5 nitrogen and oxygen atoms in total. The van der Waals surface area contributed by atoms with Gasteiger partial charge in [0.05, 0.1) is 6.54 Å². The van der Waals surface area contributed by atoms with Gasteiger partial charge in [-0.3, -0.25) is 9.59 Å². The second-order valence-corrected chi connectivity index (χ2v) is 6.46. The Bertz CT molecular complexity index is 369. The molecule has 5 heteroatoms. The molecule has 4 unspecified atom stereocenters. The Morgan fingerprint density at radius 3 is 2.19 bits per heavy atom. The quantitative estimate of drug-likeness (QED) is 0.832. The molecular weight excluding hydrogens is 266 g/mol. The summed E-state index contributed by atoms with van der Waals surface area (Å²) in [6, 6.07) is 0.0852. The number of carbonyl (C=O) groups is 2. The predicted molar refractivity (Wildman–Crippen MR) is 84.6 cm³/mol. The third kappa shape index (κ3) is 4.43.